The van der Waals surface area contributed by atoms with E-state index in [1.165, 1.54) is 7.11 Å². The van der Waals surface area contributed by atoms with E-state index < -0.39 is 0 Å². The molecule has 0 fully saturated rings. The van der Waals surface area contributed by atoms with E-state index in [2.05, 4.69) is 5.32 Å². The van der Waals surface area contributed by atoms with Crippen molar-refractivity contribution < 1.29 is 19.1 Å². The summed E-state index contributed by atoms with van der Waals surface area (Å²) in [7, 11) is 1.50. The fourth-order valence-electron chi connectivity index (χ4n) is 1.76. The van der Waals surface area contributed by atoms with Gasteiger partial charge in [0.1, 0.15) is 17.8 Å². The average Bonchev–Trinajstić information content (AvgIpc) is 2.53. The predicted octanol–water partition coefficient (Wildman–Crippen LogP) is 3.18. The third-order valence-corrected chi connectivity index (χ3v) is 3.06. The highest BCUT2D eigenvalue weighted by Gasteiger charge is 2.09. The second kappa shape index (κ2) is 7.47. The molecular weight excluding hydrogens is 306 g/mol. The van der Waals surface area contributed by atoms with Gasteiger partial charge in [-0.25, -0.2) is 0 Å². The summed E-state index contributed by atoms with van der Waals surface area (Å²) in [6.07, 6.45) is 0.738. The molecule has 0 saturated carbocycles. The number of ether oxygens (including phenoxy) is 2. The minimum atomic E-state index is -0.347. The molecule has 114 valence electrons. The first-order valence-corrected chi connectivity index (χ1v) is 6.81. The fraction of sp³-hybridized carbons (Fsp3) is 0.125. The van der Waals surface area contributed by atoms with Gasteiger partial charge in [-0.2, -0.15) is 0 Å². The first-order valence-electron chi connectivity index (χ1n) is 6.44. The highest BCUT2D eigenvalue weighted by atomic mass is 35.5. The zero-order chi connectivity index (χ0) is 15.9. The molecule has 1 amide bonds. The van der Waals surface area contributed by atoms with E-state index in [0.29, 0.717) is 27.8 Å². The molecule has 22 heavy (non-hydrogen) atoms. The van der Waals surface area contributed by atoms with E-state index in [1.54, 1.807) is 42.5 Å². The number of carbonyl (C=O) groups excluding carboxylic acids is 2. The SMILES string of the molecule is COc1ccc(Cl)cc1NC(=O)COc1ccc(C=O)cc1. The third-order valence-electron chi connectivity index (χ3n) is 2.82. The molecule has 0 saturated heterocycles. The number of hydrogen-bond donors (Lipinski definition) is 1. The van der Waals surface area contributed by atoms with Crippen LogP contribution in [0.3, 0.4) is 0 Å². The Morgan fingerprint density at radius 3 is 2.59 bits per heavy atom. The summed E-state index contributed by atoms with van der Waals surface area (Å²) in [5, 5.41) is 3.15. The standard InChI is InChI=1S/C16H14ClNO4/c1-21-15-7-4-12(17)8-14(15)18-16(20)10-22-13-5-2-11(9-19)3-6-13/h2-9H,10H2,1H3,(H,18,20). The van der Waals surface area contributed by atoms with Gasteiger partial charge in [0.25, 0.3) is 5.91 Å². The zero-order valence-electron chi connectivity index (χ0n) is 11.8. The number of methoxy groups -OCH3 is 1. The Labute approximate surface area is 132 Å². The van der Waals surface area contributed by atoms with Crippen molar-refractivity contribution in [3.05, 3.63) is 53.1 Å². The number of benzene rings is 2. The van der Waals surface area contributed by atoms with E-state index in [9.17, 15) is 9.59 Å². The van der Waals surface area contributed by atoms with Crippen molar-refractivity contribution in [2.75, 3.05) is 19.0 Å². The summed E-state index contributed by atoms with van der Waals surface area (Å²) in [6.45, 7) is -0.171. The first kappa shape index (κ1) is 15.9. The Morgan fingerprint density at radius 2 is 1.95 bits per heavy atom. The number of halogens is 1. The van der Waals surface area contributed by atoms with Gasteiger partial charge in [0.15, 0.2) is 6.61 Å². The summed E-state index contributed by atoms with van der Waals surface area (Å²) in [4.78, 5) is 22.4. The monoisotopic (exact) mass is 319 g/mol. The van der Waals surface area contributed by atoms with E-state index in [4.69, 9.17) is 21.1 Å². The average molecular weight is 320 g/mol. The molecule has 2 rings (SSSR count). The van der Waals surface area contributed by atoms with Gasteiger partial charge in [0, 0.05) is 10.6 Å². The molecule has 0 aliphatic carbocycles. The van der Waals surface area contributed by atoms with E-state index in [-0.39, 0.29) is 12.5 Å². The van der Waals surface area contributed by atoms with Crippen LogP contribution in [0, 0.1) is 0 Å². The lowest BCUT2D eigenvalue weighted by Gasteiger charge is -2.11. The van der Waals surface area contributed by atoms with Crippen LogP contribution in [0.5, 0.6) is 11.5 Å². The normalized spacial score (nSPS) is 9.91. The maximum atomic E-state index is 11.9. The second-order valence-corrected chi connectivity index (χ2v) is 4.80. The van der Waals surface area contributed by atoms with Crippen molar-refractivity contribution in [1.82, 2.24) is 0 Å². The van der Waals surface area contributed by atoms with Gasteiger partial charge in [-0.15, -0.1) is 0 Å². The summed E-state index contributed by atoms with van der Waals surface area (Å²) < 4.78 is 10.5. The number of aldehydes is 1. The van der Waals surface area contributed by atoms with Gasteiger partial charge in [0.05, 0.1) is 12.8 Å². The van der Waals surface area contributed by atoms with Crippen LogP contribution >= 0.6 is 11.6 Å². The number of anilines is 1. The van der Waals surface area contributed by atoms with Gasteiger partial charge >= 0.3 is 0 Å². The van der Waals surface area contributed by atoms with Crippen LogP contribution in [0.25, 0.3) is 0 Å². The van der Waals surface area contributed by atoms with E-state index >= 15 is 0 Å². The smallest absolute Gasteiger partial charge is 0.262 e. The van der Waals surface area contributed by atoms with Crippen molar-refractivity contribution in [2.45, 2.75) is 0 Å². The van der Waals surface area contributed by atoms with E-state index in [1.807, 2.05) is 0 Å². The Kier molecular flexibility index (Phi) is 5.38. The molecule has 6 heteroatoms. The molecule has 0 aliphatic rings. The number of hydrogen-bond acceptors (Lipinski definition) is 4. The molecule has 0 heterocycles. The third kappa shape index (κ3) is 4.23. The lowest BCUT2D eigenvalue weighted by Crippen LogP contribution is -2.20. The number of carbonyl (C=O) groups is 2. The molecule has 0 spiro atoms. The van der Waals surface area contributed by atoms with Gasteiger partial charge in [-0.3, -0.25) is 9.59 Å². The Hall–Kier alpha value is -2.53. The van der Waals surface area contributed by atoms with Crippen molar-refractivity contribution in [1.29, 1.82) is 0 Å². The molecular formula is C16H14ClNO4. The van der Waals surface area contributed by atoms with Crippen LogP contribution in [0.15, 0.2) is 42.5 Å². The lowest BCUT2D eigenvalue weighted by molar-refractivity contribution is -0.118. The molecule has 0 bridgehead atoms. The predicted molar refractivity (Wildman–Crippen MR) is 84.0 cm³/mol. The Bertz CT molecular complexity index is 670. The van der Waals surface area contributed by atoms with E-state index in [0.717, 1.165) is 6.29 Å². The van der Waals surface area contributed by atoms with Crippen LogP contribution in [0.4, 0.5) is 5.69 Å². The van der Waals surface area contributed by atoms with Gasteiger partial charge < -0.3 is 14.8 Å². The maximum absolute atomic E-state index is 11.9. The quantitative estimate of drug-likeness (QED) is 0.831. The maximum Gasteiger partial charge on any atom is 0.262 e. The minimum absolute atomic E-state index is 0.171. The summed E-state index contributed by atoms with van der Waals surface area (Å²) in [5.41, 5.74) is 1.01. The number of rotatable bonds is 6. The van der Waals surface area contributed by atoms with Crippen molar-refractivity contribution in [3.63, 3.8) is 0 Å². The van der Waals surface area contributed by atoms with Crippen molar-refractivity contribution in [2.24, 2.45) is 0 Å². The van der Waals surface area contributed by atoms with Gasteiger partial charge in [-0.05, 0) is 42.5 Å². The highest BCUT2D eigenvalue weighted by Crippen LogP contribution is 2.27. The molecule has 2 aromatic carbocycles. The number of nitrogens with one attached hydrogen (secondary N) is 1. The van der Waals surface area contributed by atoms with Gasteiger partial charge in [0.2, 0.25) is 0 Å². The molecule has 2 aromatic rings. The topological polar surface area (TPSA) is 64.6 Å². The Balaban J connectivity index is 1.95. The molecule has 5 nitrogen and oxygen atoms in total. The largest absolute Gasteiger partial charge is 0.495 e. The van der Waals surface area contributed by atoms with Crippen LogP contribution in [0.1, 0.15) is 10.4 Å². The van der Waals surface area contributed by atoms with Gasteiger partial charge in [-0.1, -0.05) is 11.6 Å². The number of amides is 1. The molecule has 0 atom stereocenters. The summed E-state index contributed by atoms with van der Waals surface area (Å²) in [6, 6.07) is 11.4. The molecule has 0 unspecified atom stereocenters. The molecule has 1 N–H and O–H groups in total. The molecule has 0 aliphatic heterocycles. The van der Waals surface area contributed by atoms with Crippen LogP contribution in [-0.2, 0) is 4.79 Å². The highest BCUT2D eigenvalue weighted by molar-refractivity contribution is 6.31. The summed E-state index contributed by atoms with van der Waals surface area (Å²) >= 11 is 5.89. The second-order valence-electron chi connectivity index (χ2n) is 4.37. The zero-order valence-corrected chi connectivity index (χ0v) is 12.6. The van der Waals surface area contributed by atoms with Crippen LogP contribution in [0.2, 0.25) is 5.02 Å². The Morgan fingerprint density at radius 1 is 1.23 bits per heavy atom. The minimum Gasteiger partial charge on any atom is -0.495 e. The van der Waals surface area contributed by atoms with Crippen molar-refractivity contribution >= 4 is 29.5 Å². The molecule has 0 aromatic heterocycles. The summed E-state index contributed by atoms with van der Waals surface area (Å²) in [5.74, 6) is 0.659. The van der Waals surface area contributed by atoms with Crippen LogP contribution < -0.4 is 14.8 Å². The van der Waals surface area contributed by atoms with Crippen molar-refractivity contribution in [3.8, 4) is 11.5 Å². The lowest BCUT2D eigenvalue weighted by atomic mass is 10.2. The first-order chi connectivity index (χ1) is 10.6. The molecule has 0 radical (unpaired) electrons. The fourth-order valence-corrected chi connectivity index (χ4v) is 1.93. The van der Waals surface area contributed by atoms with Crippen LogP contribution in [-0.4, -0.2) is 25.9 Å².